The zero-order valence-electron chi connectivity index (χ0n) is 25.9. The second-order valence-corrected chi connectivity index (χ2v) is 11.8. The van der Waals surface area contributed by atoms with E-state index in [4.69, 9.17) is 5.11 Å². The van der Waals surface area contributed by atoms with Gasteiger partial charge in [-0.05, 0) is 73.1 Å². The van der Waals surface area contributed by atoms with Gasteiger partial charge in [0, 0.05) is 56.2 Å². The van der Waals surface area contributed by atoms with Gasteiger partial charge in [0.25, 0.3) is 5.91 Å². The highest BCUT2D eigenvalue weighted by atomic mass is 19.1. The third kappa shape index (κ3) is 7.75. The predicted octanol–water partition coefficient (Wildman–Crippen LogP) is 4.43. The molecule has 5 rings (SSSR count). The number of benzene rings is 3. The third-order valence-electron chi connectivity index (χ3n) is 8.70. The van der Waals surface area contributed by atoms with Crippen LogP contribution in [0, 0.1) is 18.7 Å². The molecule has 1 aliphatic rings. The number of carboxylic acid groups (broad SMARTS) is 1. The lowest BCUT2D eigenvalue weighted by Gasteiger charge is -2.44. The summed E-state index contributed by atoms with van der Waals surface area (Å²) in [5, 5.41) is 41.4. The quantitative estimate of drug-likeness (QED) is 0.136. The summed E-state index contributed by atoms with van der Waals surface area (Å²) < 4.78 is 15.6. The lowest BCUT2D eigenvalue weighted by Crippen LogP contribution is -2.49. The number of carbonyl (C=O) groups excluding carboxylic acids is 1. The van der Waals surface area contributed by atoms with Crippen molar-refractivity contribution in [2.75, 3.05) is 26.2 Å². The summed E-state index contributed by atoms with van der Waals surface area (Å²) in [5.41, 5.74) is 2.27. The molecule has 12 heteroatoms. The number of nitrogens with one attached hydrogen (secondary N) is 3. The first-order valence-electron chi connectivity index (χ1n) is 15.6. The van der Waals surface area contributed by atoms with Crippen molar-refractivity contribution in [3.8, 4) is 11.1 Å². The number of H-pyrrole nitrogens is 1. The van der Waals surface area contributed by atoms with Gasteiger partial charge in [0.1, 0.15) is 5.82 Å². The van der Waals surface area contributed by atoms with Gasteiger partial charge in [0.15, 0.2) is 5.82 Å². The Morgan fingerprint density at radius 2 is 1.87 bits per heavy atom. The molecule has 46 heavy (non-hydrogen) atoms. The van der Waals surface area contributed by atoms with E-state index in [2.05, 4.69) is 31.3 Å². The minimum absolute atomic E-state index is 0.129. The Kier molecular flexibility index (Phi) is 10.7. The van der Waals surface area contributed by atoms with E-state index < -0.39 is 23.4 Å². The van der Waals surface area contributed by atoms with Gasteiger partial charge in [-0.1, -0.05) is 53.7 Å². The molecule has 1 fully saturated rings. The number of nitrogens with zero attached hydrogens (tertiary/aromatic N) is 4. The largest absolute Gasteiger partial charge is 0.465 e. The number of aromatic amines is 1. The highest BCUT2D eigenvalue weighted by Crippen LogP contribution is 2.45. The summed E-state index contributed by atoms with van der Waals surface area (Å²) in [6.45, 7) is 4.12. The minimum Gasteiger partial charge on any atom is -0.465 e. The van der Waals surface area contributed by atoms with Crippen LogP contribution >= 0.6 is 0 Å². The summed E-state index contributed by atoms with van der Waals surface area (Å²) in [6.07, 6.45) is 1.33. The highest BCUT2D eigenvalue weighted by molar-refractivity contribution is 5.94. The van der Waals surface area contributed by atoms with Crippen molar-refractivity contribution < 1.29 is 24.2 Å². The van der Waals surface area contributed by atoms with Gasteiger partial charge in [0.2, 0.25) is 0 Å². The Hall–Kier alpha value is -4.68. The van der Waals surface area contributed by atoms with Crippen molar-refractivity contribution in [3.05, 3.63) is 101 Å². The molecule has 242 valence electrons. The van der Waals surface area contributed by atoms with Crippen LogP contribution in [-0.2, 0) is 18.6 Å². The van der Waals surface area contributed by atoms with Crippen LogP contribution in [0.15, 0.2) is 66.7 Å². The lowest BCUT2D eigenvalue weighted by molar-refractivity contribution is -0.0568. The number of hydrogen-bond acceptors (Lipinski definition) is 7. The molecule has 2 heterocycles. The van der Waals surface area contributed by atoms with Crippen LogP contribution in [0.3, 0.4) is 0 Å². The number of aromatic nitrogens is 4. The molecule has 1 aliphatic heterocycles. The van der Waals surface area contributed by atoms with E-state index in [1.54, 1.807) is 11.0 Å². The van der Waals surface area contributed by atoms with Crippen molar-refractivity contribution in [1.29, 1.82) is 0 Å². The lowest BCUT2D eigenvalue weighted by atomic mass is 9.70. The summed E-state index contributed by atoms with van der Waals surface area (Å²) in [4.78, 5) is 26.6. The van der Waals surface area contributed by atoms with Gasteiger partial charge >= 0.3 is 6.09 Å². The summed E-state index contributed by atoms with van der Waals surface area (Å²) >= 11 is 0. The molecular weight excluding hydrogens is 589 g/mol. The fourth-order valence-electron chi connectivity index (χ4n) is 6.43. The topological polar surface area (TPSA) is 156 Å². The van der Waals surface area contributed by atoms with Gasteiger partial charge in [-0.15, -0.1) is 10.2 Å². The molecule has 4 aromatic rings. The first-order chi connectivity index (χ1) is 22.3. The Morgan fingerprint density at radius 3 is 2.59 bits per heavy atom. The van der Waals surface area contributed by atoms with Crippen molar-refractivity contribution in [2.24, 2.45) is 5.92 Å². The molecule has 0 spiro atoms. The van der Waals surface area contributed by atoms with E-state index in [9.17, 15) is 14.7 Å². The average Bonchev–Trinajstić information content (AvgIpc) is 3.60. The van der Waals surface area contributed by atoms with E-state index in [1.807, 2.05) is 61.5 Å². The number of aliphatic hydroxyl groups is 1. The summed E-state index contributed by atoms with van der Waals surface area (Å²) in [6, 6.07) is 19.7. The van der Waals surface area contributed by atoms with Gasteiger partial charge in [-0.3, -0.25) is 4.79 Å². The van der Waals surface area contributed by atoms with E-state index in [-0.39, 0.29) is 25.4 Å². The summed E-state index contributed by atoms with van der Waals surface area (Å²) in [5.74, 6) is -0.334. The Bertz CT molecular complexity index is 1600. The second kappa shape index (κ2) is 15.1. The zero-order chi connectivity index (χ0) is 32.5. The molecule has 2 atom stereocenters. The van der Waals surface area contributed by atoms with Crippen LogP contribution in [0.5, 0.6) is 0 Å². The number of carbonyl (C=O) groups is 2. The highest BCUT2D eigenvalue weighted by Gasteiger charge is 2.44. The standard InChI is InChI=1S/C34H40FN7O4/c1-23-10-15-28(35)30(25-7-3-2-4-8-25)31(23)34(46,17-6-18-37-33(44)45)27-9-5-20-42(22-27)32(43)26-13-11-24(12-14-26)21-36-19-16-29-38-40-41-39-29/h2-4,7-8,10-15,27,36-37,46H,5-6,9,16-22H2,1H3,(H,44,45)(H,38,39,40,41). The molecule has 3 aromatic carbocycles. The number of tetrazole rings is 1. The van der Waals surface area contributed by atoms with Crippen LogP contribution in [0.1, 0.15) is 58.6 Å². The number of likely N-dealkylation sites (tertiary alicyclic amines) is 1. The molecule has 1 aromatic heterocycles. The van der Waals surface area contributed by atoms with Crippen molar-refractivity contribution in [1.82, 2.24) is 36.2 Å². The normalized spacial score (nSPS) is 16.2. The number of hydrogen-bond donors (Lipinski definition) is 5. The monoisotopic (exact) mass is 629 g/mol. The number of rotatable bonds is 13. The Labute approximate surface area is 267 Å². The molecule has 1 saturated heterocycles. The van der Waals surface area contributed by atoms with Crippen LogP contribution in [0.4, 0.5) is 9.18 Å². The Morgan fingerprint density at radius 1 is 1.09 bits per heavy atom. The molecule has 5 N–H and O–H groups in total. The van der Waals surface area contributed by atoms with Crippen molar-refractivity contribution in [3.63, 3.8) is 0 Å². The van der Waals surface area contributed by atoms with E-state index in [0.29, 0.717) is 73.4 Å². The maximum absolute atomic E-state index is 15.6. The SMILES string of the molecule is Cc1ccc(F)c(-c2ccccc2)c1C(O)(CCCNC(=O)O)C1CCCN(C(=O)c2ccc(CNCCc3nn[nH]n3)cc2)C1. The molecule has 0 saturated carbocycles. The first kappa shape index (κ1) is 32.7. The van der Waals surface area contributed by atoms with Crippen LogP contribution in [-0.4, -0.2) is 73.9 Å². The zero-order valence-corrected chi connectivity index (χ0v) is 25.9. The smallest absolute Gasteiger partial charge is 0.404 e. The first-order valence-corrected chi connectivity index (χ1v) is 15.6. The van der Waals surface area contributed by atoms with Gasteiger partial charge in [-0.2, -0.15) is 5.21 Å². The van der Waals surface area contributed by atoms with Crippen LogP contribution in [0.25, 0.3) is 11.1 Å². The van der Waals surface area contributed by atoms with E-state index in [0.717, 1.165) is 11.1 Å². The maximum atomic E-state index is 15.6. The van der Waals surface area contributed by atoms with E-state index in [1.165, 1.54) is 6.07 Å². The van der Waals surface area contributed by atoms with Crippen LogP contribution in [0.2, 0.25) is 0 Å². The number of piperidine rings is 1. The molecule has 0 bridgehead atoms. The molecular formula is C34H40FN7O4. The van der Waals surface area contributed by atoms with Gasteiger partial charge in [-0.25, -0.2) is 9.18 Å². The molecule has 2 unspecified atom stereocenters. The van der Waals surface area contributed by atoms with Gasteiger partial charge in [0.05, 0.1) is 5.60 Å². The average molecular weight is 630 g/mol. The summed E-state index contributed by atoms with van der Waals surface area (Å²) in [7, 11) is 0. The molecule has 0 aliphatic carbocycles. The van der Waals surface area contributed by atoms with E-state index >= 15 is 4.39 Å². The maximum Gasteiger partial charge on any atom is 0.404 e. The van der Waals surface area contributed by atoms with Gasteiger partial charge < -0.3 is 25.7 Å². The van der Waals surface area contributed by atoms with Crippen molar-refractivity contribution >= 4 is 12.0 Å². The third-order valence-corrected chi connectivity index (χ3v) is 8.70. The molecule has 11 nitrogen and oxygen atoms in total. The Balaban J connectivity index is 1.35. The minimum atomic E-state index is -1.52. The second-order valence-electron chi connectivity index (χ2n) is 11.8. The number of amides is 2. The molecule has 0 radical (unpaired) electrons. The number of halogens is 1. The van der Waals surface area contributed by atoms with Crippen LogP contribution < -0.4 is 10.6 Å². The molecule has 2 amide bonds. The fourth-order valence-corrected chi connectivity index (χ4v) is 6.43. The number of aryl methyl sites for hydroxylation is 1. The predicted molar refractivity (Wildman–Crippen MR) is 170 cm³/mol. The van der Waals surface area contributed by atoms with Crippen molar-refractivity contribution in [2.45, 2.75) is 51.2 Å². The fraction of sp³-hybridized carbons (Fsp3) is 0.382.